The van der Waals surface area contributed by atoms with Crippen molar-refractivity contribution in [3.63, 3.8) is 0 Å². The van der Waals surface area contributed by atoms with Crippen molar-refractivity contribution in [2.45, 2.75) is 26.7 Å². The van der Waals surface area contributed by atoms with Gasteiger partial charge in [0.05, 0.1) is 0 Å². The van der Waals surface area contributed by atoms with E-state index in [0.29, 0.717) is 29.5 Å². The highest BCUT2D eigenvalue weighted by atomic mass is 16.3. The van der Waals surface area contributed by atoms with Crippen LogP contribution in [0.2, 0.25) is 0 Å². The van der Waals surface area contributed by atoms with Crippen LogP contribution in [0.15, 0.2) is 30.3 Å². The maximum absolute atomic E-state index is 10.3. The van der Waals surface area contributed by atoms with Gasteiger partial charge in [0.15, 0.2) is 0 Å². The van der Waals surface area contributed by atoms with Gasteiger partial charge in [-0.15, -0.1) is 0 Å². The molecule has 19 heavy (non-hydrogen) atoms. The zero-order valence-corrected chi connectivity index (χ0v) is 11.1. The fourth-order valence-corrected chi connectivity index (χ4v) is 2.37. The van der Waals surface area contributed by atoms with Gasteiger partial charge >= 0.3 is 0 Å². The van der Waals surface area contributed by atoms with Crippen molar-refractivity contribution < 1.29 is 15.3 Å². The Kier molecular flexibility index (Phi) is 3.65. The van der Waals surface area contributed by atoms with E-state index in [4.69, 9.17) is 0 Å². The molecule has 3 nitrogen and oxygen atoms in total. The SMILES string of the molecule is CCc1cc(O)c(-c2cccc(O)c2)c(CC)c1O. The Labute approximate surface area is 112 Å². The molecule has 0 aliphatic heterocycles. The quantitative estimate of drug-likeness (QED) is 0.737. The first kappa shape index (κ1) is 13.3. The van der Waals surface area contributed by atoms with E-state index in [1.807, 2.05) is 13.8 Å². The molecule has 0 aliphatic carbocycles. The molecule has 0 unspecified atom stereocenters. The lowest BCUT2D eigenvalue weighted by molar-refractivity contribution is 0.450. The van der Waals surface area contributed by atoms with Gasteiger partial charge < -0.3 is 15.3 Å². The summed E-state index contributed by atoms with van der Waals surface area (Å²) in [5.74, 6) is 0.510. The van der Waals surface area contributed by atoms with E-state index >= 15 is 0 Å². The van der Waals surface area contributed by atoms with E-state index in [0.717, 1.165) is 5.56 Å². The third kappa shape index (κ3) is 2.36. The van der Waals surface area contributed by atoms with Crippen molar-refractivity contribution in [2.24, 2.45) is 0 Å². The van der Waals surface area contributed by atoms with E-state index in [1.165, 1.54) is 0 Å². The van der Waals surface area contributed by atoms with Crippen molar-refractivity contribution in [2.75, 3.05) is 0 Å². The van der Waals surface area contributed by atoms with Crippen LogP contribution in [0.5, 0.6) is 17.2 Å². The first-order valence-corrected chi connectivity index (χ1v) is 6.44. The Morgan fingerprint density at radius 1 is 0.947 bits per heavy atom. The zero-order chi connectivity index (χ0) is 14.0. The fourth-order valence-electron chi connectivity index (χ4n) is 2.37. The molecular weight excluding hydrogens is 240 g/mol. The Morgan fingerprint density at radius 2 is 1.68 bits per heavy atom. The molecule has 0 aliphatic rings. The van der Waals surface area contributed by atoms with Gasteiger partial charge in [0.1, 0.15) is 17.2 Å². The lowest BCUT2D eigenvalue weighted by Crippen LogP contribution is -1.94. The van der Waals surface area contributed by atoms with Gasteiger partial charge in [0.25, 0.3) is 0 Å². The molecule has 3 N–H and O–H groups in total. The molecule has 2 aromatic carbocycles. The lowest BCUT2D eigenvalue weighted by Gasteiger charge is -2.15. The van der Waals surface area contributed by atoms with Crippen LogP contribution in [0.3, 0.4) is 0 Å². The Morgan fingerprint density at radius 3 is 2.26 bits per heavy atom. The smallest absolute Gasteiger partial charge is 0.124 e. The van der Waals surface area contributed by atoms with Crippen LogP contribution in [0.25, 0.3) is 11.1 Å². The van der Waals surface area contributed by atoms with Crippen LogP contribution >= 0.6 is 0 Å². The van der Waals surface area contributed by atoms with Crippen molar-refractivity contribution in [3.05, 3.63) is 41.5 Å². The highest BCUT2D eigenvalue weighted by Gasteiger charge is 2.17. The van der Waals surface area contributed by atoms with E-state index < -0.39 is 0 Å². The second-order valence-corrected chi connectivity index (χ2v) is 4.51. The van der Waals surface area contributed by atoms with Crippen molar-refractivity contribution in [1.82, 2.24) is 0 Å². The van der Waals surface area contributed by atoms with E-state index in [2.05, 4.69) is 0 Å². The monoisotopic (exact) mass is 258 g/mol. The van der Waals surface area contributed by atoms with Gasteiger partial charge in [0, 0.05) is 11.1 Å². The summed E-state index contributed by atoms with van der Waals surface area (Å²) in [6, 6.07) is 8.27. The summed E-state index contributed by atoms with van der Waals surface area (Å²) in [5, 5.41) is 30.0. The minimum absolute atomic E-state index is 0.136. The summed E-state index contributed by atoms with van der Waals surface area (Å²) in [6.07, 6.45) is 1.27. The molecule has 0 fully saturated rings. The fraction of sp³-hybridized carbons (Fsp3) is 0.250. The molecule has 0 radical (unpaired) electrons. The highest BCUT2D eigenvalue weighted by molar-refractivity contribution is 5.78. The van der Waals surface area contributed by atoms with Crippen LogP contribution in [-0.2, 0) is 12.8 Å². The number of aromatic hydroxyl groups is 3. The largest absolute Gasteiger partial charge is 0.508 e. The van der Waals surface area contributed by atoms with E-state index in [1.54, 1.807) is 30.3 Å². The molecule has 3 heteroatoms. The van der Waals surface area contributed by atoms with Crippen LogP contribution in [0.1, 0.15) is 25.0 Å². The molecule has 0 bridgehead atoms. The number of benzene rings is 2. The first-order chi connectivity index (χ1) is 9.08. The molecule has 0 spiro atoms. The summed E-state index contributed by atoms with van der Waals surface area (Å²) in [5.41, 5.74) is 2.74. The van der Waals surface area contributed by atoms with Gasteiger partial charge in [-0.25, -0.2) is 0 Å². The second-order valence-electron chi connectivity index (χ2n) is 4.51. The maximum atomic E-state index is 10.3. The molecule has 0 saturated carbocycles. The van der Waals surface area contributed by atoms with Crippen LogP contribution in [0.4, 0.5) is 0 Å². The number of phenols is 3. The van der Waals surface area contributed by atoms with Crippen molar-refractivity contribution >= 4 is 0 Å². The zero-order valence-electron chi connectivity index (χ0n) is 11.1. The molecule has 0 aromatic heterocycles. The number of hydrogen-bond donors (Lipinski definition) is 3. The highest BCUT2D eigenvalue weighted by Crippen LogP contribution is 2.41. The molecule has 0 amide bonds. The average Bonchev–Trinajstić information content (AvgIpc) is 2.40. The maximum Gasteiger partial charge on any atom is 0.124 e. The first-order valence-electron chi connectivity index (χ1n) is 6.44. The van der Waals surface area contributed by atoms with E-state index in [-0.39, 0.29) is 17.2 Å². The summed E-state index contributed by atoms with van der Waals surface area (Å²) < 4.78 is 0. The van der Waals surface area contributed by atoms with Crippen LogP contribution in [-0.4, -0.2) is 15.3 Å². The lowest BCUT2D eigenvalue weighted by atomic mass is 9.93. The van der Waals surface area contributed by atoms with Gasteiger partial charge in [-0.3, -0.25) is 0 Å². The second kappa shape index (κ2) is 5.22. The third-order valence-corrected chi connectivity index (χ3v) is 3.33. The van der Waals surface area contributed by atoms with Gasteiger partial charge in [0.2, 0.25) is 0 Å². The van der Waals surface area contributed by atoms with E-state index in [9.17, 15) is 15.3 Å². The summed E-state index contributed by atoms with van der Waals surface area (Å²) in [4.78, 5) is 0. The molecular formula is C16H18O3. The molecule has 2 rings (SSSR count). The molecule has 2 aromatic rings. The summed E-state index contributed by atoms with van der Waals surface area (Å²) >= 11 is 0. The van der Waals surface area contributed by atoms with Gasteiger partial charge in [-0.1, -0.05) is 26.0 Å². The van der Waals surface area contributed by atoms with Gasteiger partial charge in [-0.2, -0.15) is 0 Å². The molecule has 0 heterocycles. The Bertz CT molecular complexity index is 603. The minimum atomic E-state index is 0.136. The standard InChI is InChI=1S/C16H18O3/c1-3-10-9-14(18)15(13(4-2)16(10)19)11-6-5-7-12(17)8-11/h5-9,17-19H,3-4H2,1-2H3. The van der Waals surface area contributed by atoms with Gasteiger partial charge in [-0.05, 0) is 42.2 Å². The van der Waals surface area contributed by atoms with Crippen LogP contribution < -0.4 is 0 Å². The number of hydrogen-bond acceptors (Lipinski definition) is 3. The summed E-state index contributed by atoms with van der Waals surface area (Å²) in [6.45, 7) is 3.86. The number of rotatable bonds is 3. The topological polar surface area (TPSA) is 60.7 Å². The molecule has 100 valence electrons. The average molecular weight is 258 g/mol. The third-order valence-electron chi connectivity index (χ3n) is 3.33. The minimum Gasteiger partial charge on any atom is -0.508 e. The summed E-state index contributed by atoms with van der Waals surface area (Å²) in [7, 11) is 0. The predicted molar refractivity (Wildman–Crippen MR) is 75.6 cm³/mol. The number of aryl methyl sites for hydroxylation is 1. The normalized spacial score (nSPS) is 10.6. The van der Waals surface area contributed by atoms with Crippen LogP contribution in [0, 0.1) is 0 Å². The predicted octanol–water partition coefficient (Wildman–Crippen LogP) is 3.60. The Balaban J connectivity index is 2.73. The van der Waals surface area contributed by atoms with Crippen molar-refractivity contribution in [1.29, 1.82) is 0 Å². The molecule has 0 atom stereocenters. The molecule has 0 saturated heterocycles. The Hall–Kier alpha value is -2.16. The number of phenolic OH excluding ortho intramolecular Hbond substituents is 3. The van der Waals surface area contributed by atoms with Crippen molar-refractivity contribution in [3.8, 4) is 28.4 Å².